The molecule has 24 heavy (non-hydrogen) atoms. The number of rotatable bonds is 2. The van der Waals surface area contributed by atoms with Crippen molar-refractivity contribution in [2.24, 2.45) is 13.0 Å². The van der Waals surface area contributed by atoms with Crippen LogP contribution < -0.4 is 4.90 Å². The third kappa shape index (κ3) is 2.79. The zero-order valence-corrected chi connectivity index (χ0v) is 15.3. The molecule has 1 amide bonds. The molecule has 6 nitrogen and oxygen atoms in total. The van der Waals surface area contributed by atoms with Crippen molar-refractivity contribution in [1.82, 2.24) is 19.7 Å². The van der Waals surface area contributed by atoms with Crippen LogP contribution in [0.4, 0.5) is 5.13 Å². The van der Waals surface area contributed by atoms with Crippen LogP contribution in [0.2, 0.25) is 0 Å². The van der Waals surface area contributed by atoms with Gasteiger partial charge < -0.3 is 9.80 Å². The normalized spacial score (nSPS) is 22.3. The highest BCUT2D eigenvalue weighted by Gasteiger charge is 2.31. The molecular formula is C17H25N5OS. The van der Waals surface area contributed by atoms with Gasteiger partial charge in [-0.25, -0.2) is 9.67 Å². The first-order valence-corrected chi connectivity index (χ1v) is 9.79. The van der Waals surface area contributed by atoms with E-state index in [0.29, 0.717) is 5.91 Å². The van der Waals surface area contributed by atoms with Crippen molar-refractivity contribution in [3.63, 3.8) is 0 Å². The summed E-state index contributed by atoms with van der Waals surface area (Å²) in [5, 5.41) is 5.47. The third-order valence-electron chi connectivity index (χ3n) is 5.24. The lowest BCUT2D eigenvalue weighted by molar-refractivity contribution is -0.136. The molecule has 0 bridgehead atoms. The maximum atomic E-state index is 12.8. The number of piperidine rings is 2. The molecular weight excluding hydrogens is 322 g/mol. The van der Waals surface area contributed by atoms with Crippen molar-refractivity contribution in [3.05, 3.63) is 5.69 Å². The Morgan fingerprint density at radius 2 is 1.96 bits per heavy atom. The Morgan fingerprint density at radius 1 is 1.17 bits per heavy atom. The minimum absolute atomic E-state index is 0.128. The Kier molecular flexibility index (Phi) is 4.20. The molecule has 2 fully saturated rings. The maximum absolute atomic E-state index is 12.8. The van der Waals surface area contributed by atoms with Gasteiger partial charge in [0.1, 0.15) is 0 Å². The average molecular weight is 347 g/mol. The van der Waals surface area contributed by atoms with Gasteiger partial charge in [0, 0.05) is 33.2 Å². The molecule has 2 aromatic rings. The first kappa shape index (κ1) is 15.9. The van der Waals surface area contributed by atoms with Crippen molar-refractivity contribution in [2.75, 3.05) is 31.1 Å². The molecule has 0 N–H and O–H groups in total. The molecule has 130 valence electrons. The van der Waals surface area contributed by atoms with Crippen LogP contribution >= 0.6 is 11.3 Å². The van der Waals surface area contributed by atoms with Gasteiger partial charge in [-0.3, -0.25) is 4.79 Å². The van der Waals surface area contributed by atoms with E-state index in [4.69, 9.17) is 4.98 Å². The Morgan fingerprint density at radius 3 is 2.71 bits per heavy atom. The minimum Gasteiger partial charge on any atom is -0.347 e. The van der Waals surface area contributed by atoms with Crippen molar-refractivity contribution >= 4 is 32.7 Å². The lowest BCUT2D eigenvalue weighted by atomic mass is 9.96. The van der Waals surface area contributed by atoms with E-state index in [1.54, 1.807) is 11.3 Å². The van der Waals surface area contributed by atoms with Gasteiger partial charge in [0.25, 0.3) is 0 Å². The van der Waals surface area contributed by atoms with Crippen LogP contribution in [-0.4, -0.2) is 51.8 Å². The highest BCUT2D eigenvalue weighted by Crippen LogP contribution is 2.33. The smallest absolute Gasteiger partial charge is 0.227 e. The Bertz CT molecular complexity index is 711. The summed E-state index contributed by atoms with van der Waals surface area (Å²) in [5.74, 6) is 0.487. The van der Waals surface area contributed by atoms with Gasteiger partial charge >= 0.3 is 0 Å². The van der Waals surface area contributed by atoms with E-state index in [2.05, 4.69) is 14.9 Å². The molecule has 0 aliphatic carbocycles. The van der Waals surface area contributed by atoms with Crippen molar-refractivity contribution in [3.8, 4) is 0 Å². The first-order chi connectivity index (χ1) is 11.6. The maximum Gasteiger partial charge on any atom is 0.227 e. The SMILES string of the molecule is Cc1nn(C)c2nc(N3CCCC(C(=O)N4CCCCC4)C3)sc12. The number of amides is 1. The molecule has 4 rings (SSSR count). The number of hydrogen-bond donors (Lipinski definition) is 0. The third-order valence-corrected chi connectivity index (χ3v) is 6.46. The summed E-state index contributed by atoms with van der Waals surface area (Å²) >= 11 is 1.71. The lowest BCUT2D eigenvalue weighted by Crippen LogP contribution is -2.46. The predicted molar refractivity (Wildman–Crippen MR) is 96.5 cm³/mol. The van der Waals surface area contributed by atoms with Crippen molar-refractivity contribution < 1.29 is 4.79 Å². The van der Waals surface area contributed by atoms with Crippen LogP contribution in [0.5, 0.6) is 0 Å². The molecule has 4 heterocycles. The van der Waals surface area contributed by atoms with E-state index in [-0.39, 0.29) is 5.92 Å². The summed E-state index contributed by atoms with van der Waals surface area (Å²) in [7, 11) is 1.94. The fourth-order valence-corrected chi connectivity index (χ4v) is 5.00. The number of carbonyl (C=O) groups is 1. The van der Waals surface area contributed by atoms with Crippen LogP contribution in [0.3, 0.4) is 0 Å². The Labute approximate surface area is 146 Å². The van der Waals surface area contributed by atoms with Crippen LogP contribution in [0.1, 0.15) is 37.8 Å². The lowest BCUT2D eigenvalue weighted by Gasteiger charge is -2.36. The number of aryl methyl sites for hydroxylation is 2. The highest BCUT2D eigenvalue weighted by atomic mass is 32.1. The summed E-state index contributed by atoms with van der Waals surface area (Å²) in [4.78, 5) is 22.0. The summed E-state index contributed by atoms with van der Waals surface area (Å²) in [6.07, 6.45) is 5.66. The van der Waals surface area contributed by atoms with Gasteiger partial charge in [0.2, 0.25) is 5.91 Å². The minimum atomic E-state index is 0.128. The molecule has 0 saturated carbocycles. The number of fused-ring (bicyclic) bond motifs is 1. The fraction of sp³-hybridized carbons (Fsp3) is 0.706. The van der Waals surface area contributed by atoms with E-state index in [1.165, 1.54) is 6.42 Å². The fourth-order valence-electron chi connectivity index (χ4n) is 3.93. The van der Waals surface area contributed by atoms with Gasteiger partial charge in [-0.15, -0.1) is 0 Å². The second kappa shape index (κ2) is 6.35. The van der Waals surface area contributed by atoms with Crippen LogP contribution in [-0.2, 0) is 11.8 Å². The average Bonchev–Trinajstić information content (AvgIpc) is 3.17. The number of hydrogen-bond acceptors (Lipinski definition) is 5. The van der Waals surface area contributed by atoms with Gasteiger partial charge in [-0.1, -0.05) is 11.3 Å². The summed E-state index contributed by atoms with van der Waals surface area (Å²) < 4.78 is 3.02. The van der Waals surface area contributed by atoms with Gasteiger partial charge in [0.15, 0.2) is 10.8 Å². The van der Waals surface area contributed by atoms with E-state index in [0.717, 1.165) is 73.0 Å². The molecule has 2 saturated heterocycles. The molecule has 0 radical (unpaired) electrons. The summed E-state index contributed by atoms with van der Waals surface area (Å²) in [6.45, 7) is 5.73. The molecule has 0 aromatic carbocycles. The van der Waals surface area contributed by atoms with Crippen LogP contribution in [0.25, 0.3) is 10.3 Å². The summed E-state index contributed by atoms with van der Waals surface area (Å²) in [6, 6.07) is 0. The standard InChI is InChI=1S/C17H25N5OS/c1-12-14-15(20(2)19-12)18-17(24-14)22-10-6-7-13(11-22)16(23)21-8-4-3-5-9-21/h13H,3-11H2,1-2H3. The molecule has 1 unspecified atom stereocenters. The van der Waals surface area contributed by atoms with Crippen molar-refractivity contribution in [1.29, 1.82) is 0 Å². The molecule has 7 heteroatoms. The van der Waals surface area contributed by atoms with Crippen LogP contribution in [0, 0.1) is 12.8 Å². The molecule has 2 aromatic heterocycles. The highest BCUT2D eigenvalue weighted by molar-refractivity contribution is 7.22. The monoisotopic (exact) mass is 347 g/mol. The zero-order chi connectivity index (χ0) is 16.7. The van der Waals surface area contributed by atoms with Gasteiger partial charge in [-0.2, -0.15) is 5.10 Å². The van der Waals surface area contributed by atoms with E-state index in [1.807, 2.05) is 18.7 Å². The Balaban J connectivity index is 1.51. The largest absolute Gasteiger partial charge is 0.347 e. The van der Waals surface area contributed by atoms with E-state index in [9.17, 15) is 4.79 Å². The quantitative estimate of drug-likeness (QED) is 0.838. The summed E-state index contributed by atoms with van der Waals surface area (Å²) in [5.41, 5.74) is 1.99. The van der Waals surface area contributed by atoms with Crippen LogP contribution in [0.15, 0.2) is 0 Å². The van der Waals surface area contributed by atoms with Gasteiger partial charge in [-0.05, 0) is 39.0 Å². The van der Waals surface area contributed by atoms with E-state index < -0.39 is 0 Å². The second-order valence-corrected chi connectivity index (χ2v) is 8.01. The molecule has 1 atom stereocenters. The predicted octanol–water partition coefficient (Wildman–Crippen LogP) is 2.57. The van der Waals surface area contributed by atoms with Gasteiger partial charge in [0.05, 0.1) is 16.3 Å². The second-order valence-electron chi connectivity index (χ2n) is 7.03. The Hall–Kier alpha value is -1.63. The number of nitrogens with zero attached hydrogens (tertiary/aromatic N) is 5. The molecule has 2 aliphatic rings. The first-order valence-electron chi connectivity index (χ1n) is 8.97. The number of carbonyl (C=O) groups excluding carboxylic acids is 1. The molecule has 0 spiro atoms. The van der Waals surface area contributed by atoms with E-state index >= 15 is 0 Å². The number of aromatic nitrogens is 3. The number of anilines is 1. The number of thiazole rings is 1. The number of likely N-dealkylation sites (tertiary alicyclic amines) is 1. The molecule has 2 aliphatic heterocycles. The van der Waals surface area contributed by atoms with Crippen molar-refractivity contribution in [2.45, 2.75) is 39.0 Å². The topological polar surface area (TPSA) is 54.3 Å². The zero-order valence-electron chi connectivity index (χ0n) is 14.5.